The van der Waals surface area contributed by atoms with Crippen LogP contribution in [0.15, 0.2) is 47.0 Å². The van der Waals surface area contributed by atoms with Crippen LogP contribution >= 0.6 is 0 Å². The summed E-state index contributed by atoms with van der Waals surface area (Å²) in [5.41, 5.74) is 5.76. The zero-order chi connectivity index (χ0) is 32.1. The molecule has 0 aliphatic carbocycles. The lowest BCUT2D eigenvalue weighted by molar-refractivity contribution is 0.00352. The molecule has 2 saturated heterocycles. The van der Waals surface area contributed by atoms with Crippen molar-refractivity contribution in [3.05, 3.63) is 82.4 Å². The predicted octanol–water partition coefficient (Wildman–Crippen LogP) is 5.40. The maximum atomic E-state index is 14.3. The molecule has 0 spiro atoms. The SMILES string of the molecule is Cc1nnc(-c2c(CCC3CCOCC3)nc3c(c2-c2ccc4nn(Cc5ccc(C#N)c(F)c5)cc4c2)C(=O)N2CCOCC32)o1. The summed E-state index contributed by atoms with van der Waals surface area (Å²) in [5.74, 6) is 0.640. The molecule has 2 fully saturated rings. The molecule has 12 heteroatoms. The molecule has 238 valence electrons. The zero-order valence-electron chi connectivity index (χ0n) is 25.9. The third-order valence-corrected chi connectivity index (χ3v) is 9.43. The van der Waals surface area contributed by atoms with Crippen LogP contribution in [0.2, 0.25) is 0 Å². The Bertz CT molecular complexity index is 2060. The van der Waals surface area contributed by atoms with Crippen LogP contribution in [0.1, 0.15) is 64.1 Å². The van der Waals surface area contributed by atoms with E-state index >= 15 is 0 Å². The van der Waals surface area contributed by atoms with Crippen LogP contribution in [-0.4, -0.2) is 68.7 Å². The molecule has 5 aromatic rings. The lowest BCUT2D eigenvalue weighted by Crippen LogP contribution is -2.38. The Morgan fingerprint density at radius 1 is 1.04 bits per heavy atom. The zero-order valence-corrected chi connectivity index (χ0v) is 25.9. The van der Waals surface area contributed by atoms with E-state index in [1.54, 1.807) is 17.7 Å². The Labute approximate surface area is 269 Å². The number of fused-ring (bicyclic) bond motifs is 4. The van der Waals surface area contributed by atoms with Crippen molar-refractivity contribution in [3.63, 3.8) is 0 Å². The van der Waals surface area contributed by atoms with Crippen LogP contribution < -0.4 is 0 Å². The summed E-state index contributed by atoms with van der Waals surface area (Å²) in [4.78, 5) is 21.2. The number of pyridine rings is 1. The van der Waals surface area contributed by atoms with E-state index in [1.807, 2.05) is 35.4 Å². The standard InChI is InChI=1S/C35H32FN7O4/c1-20-39-40-34(47-20)31-28(6-3-21-8-11-45-12-9-21)38-33-29-19-46-13-10-43(29)35(44)32(33)30(31)23-5-7-27-25(15-23)18-42(41-27)17-22-2-4-24(16-37)26(36)14-22/h2,4-5,7,14-15,18,21,29H,3,6,8-13,17,19H2,1H3. The molecular formula is C35H32FN7O4. The van der Waals surface area contributed by atoms with Crippen LogP contribution in [0.25, 0.3) is 33.5 Å². The van der Waals surface area contributed by atoms with Gasteiger partial charge in [-0.05, 0) is 67.0 Å². The van der Waals surface area contributed by atoms with Gasteiger partial charge < -0.3 is 18.8 Å². The second-order valence-electron chi connectivity index (χ2n) is 12.4. The summed E-state index contributed by atoms with van der Waals surface area (Å²) in [6, 6.07) is 12.1. The number of hydrogen-bond acceptors (Lipinski definition) is 9. The fraction of sp³-hybridized carbons (Fsp3) is 0.371. The van der Waals surface area contributed by atoms with E-state index in [2.05, 4.69) is 10.2 Å². The summed E-state index contributed by atoms with van der Waals surface area (Å²) >= 11 is 0. The highest BCUT2D eigenvalue weighted by molar-refractivity contribution is 6.08. The molecule has 11 nitrogen and oxygen atoms in total. The van der Waals surface area contributed by atoms with Gasteiger partial charge in [0.2, 0.25) is 11.8 Å². The minimum atomic E-state index is -0.557. The Hall–Kier alpha value is -4.99. The average molecular weight is 634 g/mol. The molecule has 47 heavy (non-hydrogen) atoms. The molecule has 8 rings (SSSR count). The first kappa shape index (κ1) is 29.4. The summed E-state index contributed by atoms with van der Waals surface area (Å²) in [7, 11) is 0. The van der Waals surface area contributed by atoms with Gasteiger partial charge in [-0.25, -0.2) is 4.39 Å². The van der Waals surface area contributed by atoms with E-state index in [9.17, 15) is 9.18 Å². The number of hydrogen-bond donors (Lipinski definition) is 0. The van der Waals surface area contributed by atoms with Gasteiger partial charge in [0.25, 0.3) is 5.91 Å². The smallest absolute Gasteiger partial charge is 0.257 e. The number of halogens is 1. The van der Waals surface area contributed by atoms with Crippen LogP contribution in [0.5, 0.6) is 0 Å². The topological polar surface area (TPSA) is 132 Å². The molecule has 3 aliphatic rings. The fourth-order valence-electron chi connectivity index (χ4n) is 7.05. The number of morpholine rings is 1. The van der Waals surface area contributed by atoms with Gasteiger partial charge in [-0.2, -0.15) is 10.4 Å². The Balaban J connectivity index is 1.26. The molecular weight excluding hydrogens is 601 g/mol. The van der Waals surface area contributed by atoms with E-state index in [0.29, 0.717) is 67.1 Å². The molecule has 1 unspecified atom stereocenters. The van der Waals surface area contributed by atoms with Crippen molar-refractivity contribution < 1.29 is 23.1 Å². The highest BCUT2D eigenvalue weighted by atomic mass is 19.1. The molecule has 0 saturated carbocycles. The van der Waals surface area contributed by atoms with Crippen LogP contribution in [0, 0.1) is 30.0 Å². The van der Waals surface area contributed by atoms with Crippen molar-refractivity contribution in [1.82, 2.24) is 29.9 Å². The van der Waals surface area contributed by atoms with Gasteiger partial charge in [0.05, 0.1) is 59.4 Å². The van der Waals surface area contributed by atoms with Gasteiger partial charge in [-0.1, -0.05) is 12.1 Å². The third kappa shape index (κ3) is 5.35. The number of carbonyl (C=O) groups excluding carboxylic acids is 1. The molecule has 0 N–H and O–H groups in total. The van der Waals surface area contributed by atoms with Crippen molar-refractivity contribution in [2.45, 2.75) is 45.2 Å². The maximum Gasteiger partial charge on any atom is 0.257 e. The number of ether oxygens (including phenoxy) is 2. The Kier molecular flexibility index (Phi) is 7.50. The molecule has 0 bridgehead atoms. The number of amides is 1. The monoisotopic (exact) mass is 633 g/mol. The highest BCUT2D eigenvalue weighted by Gasteiger charge is 2.44. The van der Waals surface area contributed by atoms with Crippen LogP contribution in [-0.2, 0) is 22.4 Å². The van der Waals surface area contributed by atoms with Crippen molar-refractivity contribution >= 4 is 16.8 Å². The quantitative estimate of drug-likeness (QED) is 0.231. The maximum absolute atomic E-state index is 14.3. The van der Waals surface area contributed by atoms with Crippen molar-refractivity contribution in [1.29, 1.82) is 5.26 Å². The number of carbonyl (C=O) groups is 1. The number of rotatable bonds is 7. The van der Waals surface area contributed by atoms with Crippen LogP contribution in [0.4, 0.5) is 4.39 Å². The first-order chi connectivity index (χ1) is 23.0. The number of aromatic nitrogens is 5. The molecule has 6 heterocycles. The predicted molar refractivity (Wildman–Crippen MR) is 168 cm³/mol. The van der Waals surface area contributed by atoms with E-state index in [1.165, 1.54) is 12.1 Å². The third-order valence-electron chi connectivity index (χ3n) is 9.43. The number of aryl methyl sites for hydroxylation is 2. The first-order valence-electron chi connectivity index (χ1n) is 16.0. The fourth-order valence-corrected chi connectivity index (χ4v) is 7.05. The van der Waals surface area contributed by atoms with Gasteiger partial charge in [0.1, 0.15) is 11.9 Å². The van der Waals surface area contributed by atoms with E-state index in [-0.39, 0.29) is 17.5 Å². The Morgan fingerprint density at radius 3 is 2.70 bits per heavy atom. The van der Waals surface area contributed by atoms with Gasteiger partial charge in [-0.15, -0.1) is 10.2 Å². The summed E-state index contributed by atoms with van der Waals surface area (Å²) in [5, 5.41) is 23.2. The largest absolute Gasteiger partial charge is 0.421 e. The molecule has 3 aliphatic heterocycles. The van der Waals surface area contributed by atoms with Gasteiger partial charge in [-0.3, -0.25) is 14.5 Å². The number of nitriles is 1. The van der Waals surface area contributed by atoms with Gasteiger partial charge in [0, 0.05) is 43.8 Å². The normalized spacial score (nSPS) is 18.0. The molecule has 2 aromatic carbocycles. The van der Waals surface area contributed by atoms with Gasteiger partial charge in [0.15, 0.2) is 0 Å². The first-order valence-corrected chi connectivity index (χ1v) is 16.0. The highest BCUT2D eigenvalue weighted by Crippen LogP contribution is 2.46. The average Bonchev–Trinajstić information content (AvgIpc) is 3.78. The summed E-state index contributed by atoms with van der Waals surface area (Å²) in [6.07, 6.45) is 5.52. The molecule has 1 atom stereocenters. The molecule has 1 amide bonds. The lowest BCUT2D eigenvalue weighted by atomic mass is 9.88. The van der Waals surface area contributed by atoms with E-state index in [0.717, 1.165) is 65.9 Å². The second-order valence-corrected chi connectivity index (χ2v) is 12.4. The molecule has 0 radical (unpaired) electrons. The van der Waals surface area contributed by atoms with E-state index in [4.69, 9.17) is 29.2 Å². The van der Waals surface area contributed by atoms with Crippen molar-refractivity contribution in [2.24, 2.45) is 5.92 Å². The minimum absolute atomic E-state index is 0.00514. The van der Waals surface area contributed by atoms with Crippen molar-refractivity contribution in [2.75, 3.05) is 33.0 Å². The lowest BCUT2D eigenvalue weighted by Gasteiger charge is -2.29. The Morgan fingerprint density at radius 2 is 1.91 bits per heavy atom. The minimum Gasteiger partial charge on any atom is -0.421 e. The summed E-state index contributed by atoms with van der Waals surface area (Å²) in [6.45, 7) is 4.97. The summed E-state index contributed by atoms with van der Waals surface area (Å²) < 4.78 is 33.6. The van der Waals surface area contributed by atoms with Crippen molar-refractivity contribution in [3.8, 4) is 28.7 Å². The molecule has 3 aromatic heterocycles. The number of benzene rings is 2. The number of nitrogens with zero attached hydrogens (tertiary/aromatic N) is 7. The van der Waals surface area contributed by atoms with Crippen LogP contribution in [0.3, 0.4) is 0 Å². The van der Waals surface area contributed by atoms with E-state index < -0.39 is 5.82 Å². The van der Waals surface area contributed by atoms with Gasteiger partial charge >= 0.3 is 0 Å². The second kappa shape index (κ2) is 12.0.